The van der Waals surface area contributed by atoms with Crippen LogP contribution in [0.5, 0.6) is 0 Å². The maximum atomic E-state index is 13.2. The van der Waals surface area contributed by atoms with E-state index >= 15 is 0 Å². The second kappa shape index (κ2) is 6.30. The minimum atomic E-state index is -2.41. The molecule has 0 radical (unpaired) electrons. The Labute approximate surface area is 108 Å². The van der Waals surface area contributed by atoms with Crippen LogP contribution in [0.4, 0.5) is 8.78 Å². The second-order valence-electron chi connectivity index (χ2n) is 5.47. The summed E-state index contributed by atoms with van der Waals surface area (Å²) in [6, 6.07) is 0. The normalized spacial score (nSPS) is 33.4. The third-order valence-electron chi connectivity index (χ3n) is 3.96. The zero-order chi connectivity index (χ0) is 11.6. The van der Waals surface area contributed by atoms with E-state index < -0.39 is 5.92 Å². The second-order valence-corrected chi connectivity index (χ2v) is 5.47. The number of hydrogen-bond acceptors (Lipinski definition) is 2. The maximum absolute atomic E-state index is 13.2. The first-order valence-corrected chi connectivity index (χ1v) is 6.39. The minimum absolute atomic E-state index is 0. The summed E-state index contributed by atoms with van der Waals surface area (Å²) in [5.74, 6) is -1.63. The molecule has 2 nitrogen and oxygen atoms in total. The lowest BCUT2D eigenvalue weighted by molar-refractivity contribution is -0.0561. The van der Waals surface area contributed by atoms with Crippen molar-refractivity contribution in [3.05, 3.63) is 0 Å². The number of rotatable bonds is 3. The molecule has 2 fully saturated rings. The van der Waals surface area contributed by atoms with Crippen molar-refractivity contribution in [2.75, 3.05) is 26.2 Å². The molecule has 1 aliphatic carbocycles. The summed E-state index contributed by atoms with van der Waals surface area (Å²) in [5.41, 5.74) is 5.63. The van der Waals surface area contributed by atoms with Crippen molar-refractivity contribution in [2.45, 2.75) is 38.0 Å². The molecule has 0 aromatic rings. The first-order valence-electron chi connectivity index (χ1n) is 6.39. The Kier molecular flexibility index (Phi) is 5.61. The van der Waals surface area contributed by atoms with Crippen LogP contribution in [0.2, 0.25) is 0 Å². The van der Waals surface area contributed by atoms with E-state index in [-0.39, 0.29) is 31.2 Å². The lowest BCUT2D eigenvalue weighted by Gasteiger charge is -2.31. The summed E-state index contributed by atoms with van der Waals surface area (Å²) < 4.78 is 26.5. The Balaban J connectivity index is 0.00000144. The van der Waals surface area contributed by atoms with Gasteiger partial charge in [-0.25, -0.2) is 8.78 Å². The number of alkyl halides is 2. The van der Waals surface area contributed by atoms with E-state index in [0.717, 1.165) is 39.0 Å². The quantitative estimate of drug-likeness (QED) is 0.852. The molecule has 5 heteroatoms. The van der Waals surface area contributed by atoms with Crippen LogP contribution in [0.3, 0.4) is 0 Å². The maximum Gasteiger partial charge on any atom is 0.248 e. The molecular formula is C12H23ClF2N2. The zero-order valence-corrected chi connectivity index (χ0v) is 11.0. The smallest absolute Gasteiger partial charge is 0.248 e. The SMILES string of the molecule is Cl.NCC1CCN(CC2CCCC(F)(F)C2)C1. The van der Waals surface area contributed by atoms with Gasteiger partial charge in [-0.2, -0.15) is 0 Å². The van der Waals surface area contributed by atoms with Gasteiger partial charge in [-0.05, 0) is 44.2 Å². The van der Waals surface area contributed by atoms with Gasteiger partial charge in [-0.15, -0.1) is 12.4 Å². The summed E-state index contributed by atoms with van der Waals surface area (Å²) in [7, 11) is 0. The van der Waals surface area contributed by atoms with Gasteiger partial charge in [-0.1, -0.05) is 0 Å². The van der Waals surface area contributed by atoms with Crippen LogP contribution < -0.4 is 5.73 Å². The molecule has 2 rings (SSSR count). The van der Waals surface area contributed by atoms with Crippen molar-refractivity contribution in [3.63, 3.8) is 0 Å². The Hall–Kier alpha value is 0.0700. The van der Waals surface area contributed by atoms with Crippen molar-refractivity contribution < 1.29 is 8.78 Å². The van der Waals surface area contributed by atoms with Gasteiger partial charge < -0.3 is 10.6 Å². The molecule has 0 amide bonds. The first-order chi connectivity index (χ1) is 7.59. The predicted octanol–water partition coefficient (Wildman–Crippen LogP) is 2.51. The first kappa shape index (κ1) is 15.1. The third kappa shape index (κ3) is 4.34. The molecule has 0 aromatic carbocycles. The molecule has 0 aromatic heterocycles. The average molecular weight is 269 g/mol. The molecule has 2 aliphatic rings. The fourth-order valence-corrected chi connectivity index (χ4v) is 3.07. The van der Waals surface area contributed by atoms with Crippen LogP contribution >= 0.6 is 12.4 Å². The number of likely N-dealkylation sites (tertiary alicyclic amines) is 1. The highest BCUT2D eigenvalue weighted by Crippen LogP contribution is 2.37. The van der Waals surface area contributed by atoms with E-state index in [0.29, 0.717) is 12.3 Å². The van der Waals surface area contributed by atoms with Gasteiger partial charge in [0.05, 0.1) is 0 Å². The molecule has 1 saturated carbocycles. The number of halogens is 3. The fraction of sp³-hybridized carbons (Fsp3) is 1.00. The van der Waals surface area contributed by atoms with Crippen molar-refractivity contribution in [3.8, 4) is 0 Å². The van der Waals surface area contributed by atoms with Crippen molar-refractivity contribution in [1.82, 2.24) is 4.90 Å². The predicted molar refractivity (Wildman–Crippen MR) is 67.8 cm³/mol. The van der Waals surface area contributed by atoms with Gasteiger partial charge in [-0.3, -0.25) is 0 Å². The van der Waals surface area contributed by atoms with Crippen molar-refractivity contribution in [2.24, 2.45) is 17.6 Å². The van der Waals surface area contributed by atoms with E-state index in [9.17, 15) is 8.78 Å². The molecule has 102 valence electrons. The van der Waals surface area contributed by atoms with Crippen LogP contribution in [-0.4, -0.2) is 37.0 Å². The summed E-state index contributed by atoms with van der Waals surface area (Å²) in [6.45, 7) is 3.64. The van der Waals surface area contributed by atoms with Crippen LogP contribution in [0, 0.1) is 11.8 Å². The Morgan fingerprint density at radius 1 is 1.24 bits per heavy atom. The molecule has 0 spiro atoms. The Morgan fingerprint density at radius 3 is 2.59 bits per heavy atom. The van der Waals surface area contributed by atoms with Gasteiger partial charge >= 0.3 is 0 Å². The van der Waals surface area contributed by atoms with Crippen LogP contribution in [0.1, 0.15) is 32.1 Å². The molecule has 1 heterocycles. The summed E-state index contributed by atoms with van der Waals surface area (Å²) in [5, 5.41) is 0. The standard InChI is InChI=1S/C12H22F2N2.ClH/c13-12(14)4-1-2-10(6-12)8-16-5-3-11(7-15)9-16;/h10-11H,1-9,15H2;1H. The van der Waals surface area contributed by atoms with Gasteiger partial charge in [0.2, 0.25) is 5.92 Å². The highest BCUT2D eigenvalue weighted by atomic mass is 35.5. The van der Waals surface area contributed by atoms with Gasteiger partial charge in [0, 0.05) is 25.9 Å². The molecule has 17 heavy (non-hydrogen) atoms. The average Bonchev–Trinajstić information content (AvgIpc) is 2.64. The summed E-state index contributed by atoms with van der Waals surface area (Å²) in [4.78, 5) is 2.32. The molecule has 2 atom stereocenters. The van der Waals surface area contributed by atoms with E-state index in [4.69, 9.17) is 5.73 Å². The Morgan fingerprint density at radius 2 is 2.00 bits per heavy atom. The number of nitrogens with two attached hydrogens (primary N) is 1. The highest BCUT2D eigenvalue weighted by molar-refractivity contribution is 5.85. The monoisotopic (exact) mass is 268 g/mol. The molecule has 2 N–H and O–H groups in total. The Bertz CT molecular complexity index is 239. The minimum Gasteiger partial charge on any atom is -0.330 e. The molecule has 1 saturated heterocycles. The zero-order valence-electron chi connectivity index (χ0n) is 10.2. The summed E-state index contributed by atoms with van der Waals surface area (Å²) >= 11 is 0. The topological polar surface area (TPSA) is 29.3 Å². The number of hydrogen-bond donors (Lipinski definition) is 1. The van der Waals surface area contributed by atoms with Crippen LogP contribution in [0.15, 0.2) is 0 Å². The van der Waals surface area contributed by atoms with Crippen LogP contribution in [0.25, 0.3) is 0 Å². The summed E-state index contributed by atoms with van der Waals surface area (Å²) in [6.07, 6.45) is 2.98. The molecule has 1 aliphatic heterocycles. The van der Waals surface area contributed by atoms with E-state index in [2.05, 4.69) is 4.90 Å². The highest BCUT2D eigenvalue weighted by Gasteiger charge is 2.37. The molecule has 2 unspecified atom stereocenters. The largest absolute Gasteiger partial charge is 0.330 e. The van der Waals surface area contributed by atoms with E-state index in [1.807, 2.05) is 0 Å². The van der Waals surface area contributed by atoms with E-state index in [1.54, 1.807) is 0 Å². The van der Waals surface area contributed by atoms with E-state index in [1.165, 1.54) is 0 Å². The lowest BCUT2D eigenvalue weighted by Crippen LogP contribution is -2.34. The fourth-order valence-electron chi connectivity index (χ4n) is 3.07. The van der Waals surface area contributed by atoms with Gasteiger partial charge in [0.15, 0.2) is 0 Å². The molecule has 0 bridgehead atoms. The lowest BCUT2D eigenvalue weighted by atomic mass is 9.86. The van der Waals surface area contributed by atoms with Gasteiger partial charge in [0.25, 0.3) is 0 Å². The van der Waals surface area contributed by atoms with Gasteiger partial charge in [0.1, 0.15) is 0 Å². The third-order valence-corrected chi connectivity index (χ3v) is 3.96. The number of nitrogens with zero attached hydrogens (tertiary/aromatic N) is 1. The van der Waals surface area contributed by atoms with Crippen molar-refractivity contribution >= 4 is 12.4 Å². The van der Waals surface area contributed by atoms with Crippen molar-refractivity contribution in [1.29, 1.82) is 0 Å². The molecular weight excluding hydrogens is 246 g/mol. The van der Waals surface area contributed by atoms with Crippen LogP contribution in [-0.2, 0) is 0 Å².